The number of aryl methyl sites for hydroxylation is 1. The zero-order chi connectivity index (χ0) is 16.0. The van der Waals surface area contributed by atoms with Gasteiger partial charge in [-0.25, -0.2) is 18.1 Å². The molecule has 112 valence electrons. The number of carbonyl (C=O) groups is 1. The number of fused-ring (bicyclic) bond motifs is 1. The fourth-order valence-electron chi connectivity index (χ4n) is 2.32. The molecule has 2 aromatic heterocycles. The molecule has 0 bridgehead atoms. The van der Waals surface area contributed by atoms with E-state index in [0.717, 1.165) is 6.07 Å². The van der Waals surface area contributed by atoms with E-state index in [2.05, 4.69) is 10.1 Å². The highest BCUT2D eigenvalue weighted by Gasteiger charge is 2.22. The molecule has 2 heterocycles. The lowest BCUT2D eigenvalue weighted by atomic mass is 9.98. The Labute approximate surface area is 122 Å². The SMILES string of the molecule is Cc1cc(F)c(-c2ccn3nc(N)nc3c2)c(F)c1C(=O)O. The Morgan fingerprint density at radius 2 is 2.09 bits per heavy atom. The van der Waals surface area contributed by atoms with Crippen molar-refractivity contribution in [2.24, 2.45) is 0 Å². The number of carboxylic acid groups (broad SMARTS) is 1. The summed E-state index contributed by atoms with van der Waals surface area (Å²) >= 11 is 0. The van der Waals surface area contributed by atoms with Crippen molar-refractivity contribution in [3.8, 4) is 11.1 Å². The lowest BCUT2D eigenvalue weighted by Crippen LogP contribution is -2.07. The van der Waals surface area contributed by atoms with Crippen molar-refractivity contribution in [2.75, 3.05) is 5.73 Å². The Hall–Kier alpha value is -3.03. The number of carboxylic acids is 1. The molecule has 0 aliphatic heterocycles. The summed E-state index contributed by atoms with van der Waals surface area (Å²) in [5, 5.41) is 12.9. The van der Waals surface area contributed by atoms with E-state index in [1.165, 1.54) is 29.8 Å². The molecular formula is C14H10F2N4O2. The molecule has 3 rings (SSSR count). The predicted octanol–water partition coefficient (Wildman–Crippen LogP) is 2.26. The Morgan fingerprint density at radius 3 is 2.77 bits per heavy atom. The first kappa shape index (κ1) is 13.9. The molecule has 0 fully saturated rings. The first-order chi connectivity index (χ1) is 10.4. The van der Waals surface area contributed by atoms with Gasteiger partial charge in [0.15, 0.2) is 5.65 Å². The first-order valence-corrected chi connectivity index (χ1v) is 6.22. The fraction of sp³-hybridized carbons (Fsp3) is 0.0714. The Morgan fingerprint density at radius 1 is 1.36 bits per heavy atom. The average molecular weight is 304 g/mol. The lowest BCUT2D eigenvalue weighted by Gasteiger charge is -2.10. The summed E-state index contributed by atoms with van der Waals surface area (Å²) in [7, 11) is 0. The monoisotopic (exact) mass is 304 g/mol. The van der Waals surface area contributed by atoms with Crippen LogP contribution in [0.3, 0.4) is 0 Å². The van der Waals surface area contributed by atoms with E-state index in [1.807, 2.05) is 0 Å². The minimum absolute atomic E-state index is 0.0130. The van der Waals surface area contributed by atoms with Crippen molar-refractivity contribution in [3.05, 3.63) is 47.2 Å². The van der Waals surface area contributed by atoms with Gasteiger partial charge in [0.2, 0.25) is 5.95 Å². The maximum Gasteiger partial charge on any atom is 0.338 e. The van der Waals surface area contributed by atoms with E-state index in [4.69, 9.17) is 10.8 Å². The number of benzene rings is 1. The third-order valence-electron chi connectivity index (χ3n) is 3.27. The number of nitrogen functional groups attached to an aromatic ring is 1. The zero-order valence-corrected chi connectivity index (χ0v) is 11.3. The molecule has 0 spiro atoms. The van der Waals surface area contributed by atoms with Gasteiger partial charge in [-0.2, -0.15) is 4.98 Å². The number of anilines is 1. The summed E-state index contributed by atoms with van der Waals surface area (Å²) < 4.78 is 29.9. The molecule has 1 aromatic carbocycles. The molecule has 0 unspecified atom stereocenters. The molecule has 0 radical (unpaired) electrons. The van der Waals surface area contributed by atoms with Gasteiger partial charge in [-0.1, -0.05) is 0 Å². The van der Waals surface area contributed by atoms with Crippen LogP contribution < -0.4 is 5.73 Å². The summed E-state index contributed by atoms with van der Waals surface area (Å²) in [6.07, 6.45) is 1.44. The van der Waals surface area contributed by atoms with Gasteiger partial charge in [0, 0.05) is 6.20 Å². The van der Waals surface area contributed by atoms with Crippen LogP contribution in [0.4, 0.5) is 14.7 Å². The molecule has 0 amide bonds. The first-order valence-electron chi connectivity index (χ1n) is 6.22. The highest BCUT2D eigenvalue weighted by atomic mass is 19.1. The van der Waals surface area contributed by atoms with Crippen LogP contribution in [0, 0.1) is 18.6 Å². The molecule has 8 heteroatoms. The van der Waals surface area contributed by atoms with Gasteiger partial charge in [0.1, 0.15) is 11.6 Å². The van der Waals surface area contributed by atoms with E-state index < -0.39 is 28.7 Å². The van der Waals surface area contributed by atoms with Crippen molar-refractivity contribution in [1.82, 2.24) is 14.6 Å². The Balaban J connectivity index is 2.29. The van der Waals surface area contributed by atoms with Crippen molar-refractivity contribution < 1.29 is 18.7 Å². The van der Waals surface area contributed by atoms with Gasteiger partial charge in [0.25, 0.3) is 0 Å². The average Bonchev–Trinajstić information content (AvgIpc) is 2.76. The molecule has 6 nitrogen and oxygen atoms in total. The van der Waals surface area contributed by atoms with Crippen LogP contribution in [0.1, 0.15) is 15.9 Å². The Kier molecular flexibility index (Phi) is 3.01. The van der Waals surface area contributed by atoms with Crippen LogP contribution >= 0.6 is 0 Å². The second-order valence-electron chi connectivity index (χ2n) is 4.73. The third-order valence-corrected chi connectivity index (χ3v) is 3.27. The molecule has 0 aliphatic carbocycles. The number of nitrogens with two attached hydrogens (primary N) is 1. The number of rotatable bonds is 2. The van der Waals surface area contributed by atoms with Gasteiger partial charge in [-0.3, -0.25) is 0 Å². The van der Waals surface area contributed by atoms with E-state index in [-0.39, 0.29) is 17.1 Å². The van der Waals surface area contributed by atoms with Crippen LogP contribution in [0.5, 0.6) is 0 Å². The molecule has 3 aromatic rings. The second kappa shape index (κ2) is 4.76. The largest absolute Gasteiger partial charge is 0.478 e. The summed E-state index contributed by atoms with van der Waals surface area (Å²) in [5.41, 5.74) is 4.93. The Bertz CT molecular complexity index is 921. The van der Waals surface area contributed by atoms with Gasteiger partial charge in [0.05, 0.1) is 11.1 Å². The van der Waals surface area contributed by atoms with Crippen LogP contribution in [0.25, 0.3) is 16.8 Å². The molecule has 0 saturated carbocycles. The lowest BCUT2D eigenvalue weighted by molar-refractivity contribution is 0.0691. The minimum atomic E-state index is -1.45. The van der Waals surface area contributed by atoms with Crippen LogP contribution in [0.2, 0.25) is 0 Å². The fourth-order valence-corrected chi connectivity index (χ4v) is 2.32. The van der Waals surface area contributed by atoms with Crippen LogP contribution in [0.15, 0.2) is 24.4 Å². The highest BCUT2D eigenvalue weighted by Crippen LogP contribution is 2.30. The van der Waals surface area contributed by atoms with Crippen LogP contribution in [-0.2, 0) is 0 Å². The quantitative estimate of drug-likeness (QED) is 0.757. The van der Waals surface area contributed by atoms with Crippen molar-refractivity contribution in [2.45, 2.75) is 6.92 Å². The summed E-state index contributed by atoms with van der Waals surface area (Å²) in [5.74, 6) is -3.41. The van der Waals surface area contributed by atoms with Gasteiger partial charge in [-0.15, -0.1) is 5.10 Å². The maximum atomic E-state index is 14.4. The van der Waals surface area contributed by atoms with Crippen molar-refractivity contribution in [3.63, 3.8) is 0 Å². The van der Waals surface area contributed by atoms with E-state index in [0.29, 0.717) is 5.65 Å². The molecule has 3 N–H and O–H groups in total. The number of aromatic nitrogens is 3. The molecule has 0 saturated heterocycles. The molecule has 0 aliphatic rings. The van der Waals surface area contributed by atoms with Gasteiger partial charge < -0.3 is 10.8 Å². The van der Waals surface area contributed by atoms with Crippen molar-refractivity contribution in [1.29, 1.82) is 0 Å². The number of nitrogens with zero attached hydrogens (tertiary/aromatic N) is 3. The van der Waals surface area contributed by atoms with Gasteiger partial charge in [-0.05, 0) is 36.2 Å². The van der Waals surface area contributed by atoms with E-state index in [1.54, 1.807) is 0 Å². The second-order valence-corrected chi connectivity index (χ2v) is 4.73. The third kappa shape index (κ3) is 2.05. The normalized spacial score (nSPS) is 11.0. The zero-order valence-electron chi connectivity index (χ0n) is 11.3. The van der Waals surface area contributed by atoms with Crippen molar-refractivity contribution >= 4 is 17.6 Å². The summed E-state index contributed by atoms with van der Waals surface area (Å²) in [4.78, 5) is 15.0. The number of pyridine rings is 1. The summed E-state index contributed by atoms with van der Waals surface area (Å²) in [6.45, 7) is 1.34. The van der Waals surface area contributed by atoms with E-state index in [9.17, 15) is 13.6 Å². The summed E-state index contributed by atoms with van der Waals surface area (Å²) in [6, 6.07) is 3.78. The maximum absolute atomic E-state index is 14.4. The number of hydrogen-bond acceptors (Lipinski definition) is 4. The minimum Gasteiger partial charge on any atom is -0.478 e. The predicted molar refractivity (Wildman–Crippen MR) is 74.4 cm³/mol. The molecular weight excluding hydrogens is 294 g/mol. The van der Waals surface area contributed by atoms with Crippen LogP contribution in [-0.4, -0.2) is 25.7 Å². The van der Waals surface area contributed by atoms with E-state index >= 15 is 0 Å². The van der Waals surface area contributed by atoms with Gasteiger partial charge >= 0.3 is 5.97 Å². The standard InChI is InChI=1S/C14H10F2N4O2/c1-6-4-8(15)11(12(16)10(6)13(21)22)7-2-3-20-9(5-7)18-14(17)19-20/h2-5H,1H3,(H2,17,19)(H,21,22). The number of aromatic carboxylic acids is 1. The molecule has 0 atom stereocenters. The topological polar surface area (TPSA) is 93.5 Å². The molecule has 22 heavy (non-hydrogen) atoms. The highest BCUT2D eigenvalue weighted by molar-refractivity contribution is 5.92. The smallest absolute Gasteiger partial charge is 0.338 e. The number of halogens is 2. The number of hydrogen-bond donors (Lipinski definition) is 2.